The number of benzene rings is 1. The second-order valence-electron chi connectivity index (χ2n) is 10.4. The van der Waals surface area contributed by atoms with E-state index in [2.05, 4.69) is 55.1 Å². The fourth-order valence-corrected chi connectivity index (χ4v) is 5.27. The highest BCUT2D eigenvalue weighted by atomic mass is 16.5. The van der Waals surface area contributed by atoms with Crippen LogP contribution in [0.3, 0.4) is 0 Å². The Kier molecular flexibility index (Phi) is 6.20. The van der Waals surface area contributed by atoms with Crippen molar-refractivity contribution in [3.05, 3.63) is 79.1 Å². The molecule has 6 aromatic rings. The Hall–Kier alpha value is -5.03. The van der Waals surface area contributed by atoms with Crippen LogP contribution < -0.4 is 15.4 Å². The normalized spacial score (nSPS) is 14.2. The van der Waals surface area contributed by atoms with Crippen LogP contribution in [0.4, 0.5) is 11.6 Å². The topological polar surface area (TPSA) is 116 Å². The second kappa shape index (κ2) is 10.2. The number of piperazine rings is 1. The summed E-state index contributed by atoms with van der Waals surface area (Å²) >= 11 is 0. The highest BCUT2D eigenvalue weighted by Gasteiger charge is 2.18. The number of ether oxygens (including phenoxy) is 1. The van der Waals surface area contributed by atoms with E-state index in [1.54, 1.807) is 10.9 Å². The first kappa shape index (κ1) is 25.0. The molecule has 1 aliphatic rings. The van der Waals surface area contributed by atoms with Crippen molar-refractivity contribution in [3.63, 3.8) is 0 Å². The van der Waals surface area contributed by atoms with Crippen molar-refractivity contribution in [2.45, 2.75) is 6.61 Å². The molecule has 1 aliphatic heterocycles. The van der Waals surface area contributed by atoms with Crippen molar-refractivity contribution in [2.75, 3.05) is 43.9 Å². The molecule has 11 nitrogen and oxygen atoms in total. The zero-order chi connectivity index (χ0) is 27.9. The summed E-state index contributed by atoms with van der Waals surface area (Å²) in [4.78, 5) is 22.9. The highest BCUT2D eigenvalue weighted by Crippen LogP contribution is 2.33. The molecule has 1 aromatic carbocycles. The summed E-state index contributed by atoms with van der Waals surface area (Å²) in [5, 5.41) is 6.41. The third kappa shape index (κ3) is 4.80. The molecule has 1 saturated heterocycles. The number of likely N-dealkylation sites (N-methyl/N-ethyl adjacent to an activating group) is 1. The van der Waals surface area contributed by atoms with Crippen LogP contribution in [0.5, 0.6) is 5.75 Å². The molecule has 0 saturated carbocycles. The van der Waals surface area contributed by atoms with Gasteiger partial charge >= 0.3 is 0 Å². The maximum absolute atomic E-state index is 6.29. The van der Waals surface area contributed by atoms with Gasteiger partial charge in [-0.25, -0.2) is 15.0 Å². The van der Waals surface area contributed by atoms with E-state index in [1.165, 1.54) is 6.33 Å². The number of nitrogens with two attached hydrogens (primary N) is 1. The summed E-state index contributed by atoms with van der Waals surface area (Å²) in [7, 11) is 4.04. The van der Waals surface area contributed by atoms with Gasteiger partial charge in [-0.1, -0.05) is 0 Å². The van der Waals surface area contributed by atoms with Gasteiger partial charge in [-0.15, -0.1) is 0 Å². The van der Waals surface area contributed by atoms with Gasteiger partial charge < -0.3 is 20.3 Å². The number of nitrogens with zero attached hydrogens (tertiary/aromatic N) is 9. The maximum Gasteiger partial charge on any atom is 0.150 e. The maximum atomic E-state index is 6.29. The third-order valence-corrected chi connectivity index (χ3v) is 7.54. The van der Waals surface area contributed by atoms with Gasteiger partial charge in [-0.05, 0) is 43.4 Å². The SMILES string of the molecule is CN1CCN(c2ccc3ccc(OCc4cncc(-n5cc(-c6ccn(C)n6)c6c(N)ncnc65)c4)cc3n2)CC1. The monoisotopic (exact) mass is 546 g/mol. The molecule has 0 atom stereocenters. The zero-order valence-corrected chi connectivity index (χ0v) is 23.0. The smallest absolute Gasteiger partial charge is 0.150 e. The predicted octanol–water partition coefficient (Wildman–Crippen LogP) is 3.68. The lowest BCUT2D eigenvalue weighted by Gasteiger charge is -2.33. The van der Waals surface area contributed by atoms with Crippen LogP contribution in [0.1, 0.15) is 5.56 Å². The van der Waals surface area contributed by atoms with Gasteiger partial charge in [0.05, 0.1) is 28.5 Å². The molecule has 5 aromatic heterocycles. The molecule has 0 bridgehead atoms. The fraction of sp³-hybridized carbons (Fsp3) is 0.233. The molecule has 0 spiro atoms. The minimum Gasteiger partial charge on any atom is -0.489 e. The number of anilines is 2. The van der Waals surface area contributed by atoms with Crippen LogP contribution in [0, 0.1) is 0 Å². The van der Waals surface area contributed by atoms with Crippen LogP contribution in [0.25, 0.3) is 38.9 Å². The quantitative estimate of drug-likeness (QED) is 0.334. The number of rotatable bonds is 6. The molecular formula is C30H30N10O. The van der Waals surface area contributed by atoms with E-state index in [0.717, 1.165) is 76.5 Å². The Morgan fingerprint density at radius 2 is 1.80 bits per heavy atom. The minimum absolute atomic E-state index is 0.355. The number of aryl methyl sites for hydroxylation is 1. The van der Waals surface area contributed by atoms with Crippen LogP contribution in [0.2, 0.25) is 0 Å². The largest absolute Gasteiger partial charge is 0.489 e. The number of hydrogen-bond acceptors (Lipinski definition) is 9. The Morgan fingerprint density at radius 1 is 0.951 bits per heavy atom. The van der Waals surface area contributed by atoms with E-state index in [-0.39, 0.29) is 0 Å². The molecule has 7 rings (SSSR count). The standard InChI is InChI=1S/C30H30N10O/c1-37-9-11-39(12-10-37)27-6-4-21-3-5-23(14-26(21)35-27)41-18-20-13-22(16-32-15-20)40-17-24(25-7-8-38(2)36-25)28-29(31)33-19-34-30(28)40/h3-8,13-17,19H,9-12,18H2,1-2H3,(H2,31,33,34). The van der Waals surface area contributed by atoms with Gasteiger partial charge in [-0.2, -0.15) is 5.10 Å². The molecular weight excluding hydrogens is 516 g/mol. The summed E-state index contributed by atoms with van der Waals surface area (Å²) in [6.07, 6.45) is 8.95. The molecule has 0 amide bonds. The summed E-state index contributed by atoms with van der Waals surface area (Å²) in [6.45, 7) is 4.40. The number of nitrogen functional groups attached to an aromatic ring is 1. The minimum atomic E-state index is 0.355. The highest BCUT2D eigenvalue weighted by molar-refractivity contribution is 6.00. The zero-order valence-electron chi connectivity index (χ0n) is 23.0. The van der Waals surface area contributed by atoms with E-state index in [9.17, 15) is 0 Å². The van der Waals surface area contributed by atoms with Crippen molar-refractivity contribution in [1.29, 1.82) is 0 Å². The van der Waals surface area contributed by atoms with Crippen molar-refractivity contribution in [2.24, 2.45) is 7.05 Å². The molecule has 0 unspecified atom stereocenters. The number of aromatic nitrogens is 7. The van der Waals surface area contributed by atoms with Crippen LogP contribution in [0.15, 0.2) is 73.6 Å². The summed E-state index contributed by atoms with van der Waals surface area (Å²) in [6, 6.07) is 14.3. The van der Waals surface area contributed by atoms with E-state index in [1.807, 2.05) is 54.5 Å². The summed E-state index contributed by atoms with van der Waals surface area (Å²) in [5.74, 6) is 2.17. The third-order valence-electron chi connectivity index (χ3n) is 7.54. The van der Waals surface area contributed by atoms with Gasteiger partial charge in [-0.3, -0.25) is 14.2 Å². The molecule has 0 radical (unpaired) electrons. The van der Waals surface area contributed by atoms with Crippen molar-refractivity contribution < 1.29 is 4.74 Å². The first-order chi connectivity index (χ1) is 20.0. The van der Waals surface area contributed by atoms with E-state index in [4.69, 9.17) is 15.5 Å². The molecule has 0 aliphatic carbocycles. The van der Waals surface area contributed by atoms with E-state index < -0.39 is 0 Å². The Labute approximate surface area is 236 Å². The molecule has 206 valence electrons. The van der Waals surface area contributed by atoms with Crippen molar-refractivity contribution in [1.82, 2.24) is 39.2 Å². The second-order valence-corrected chi connectivity index (χ2v) is 10.4. The molecule has 1 fully saturated rings. The lowest BCUT2D eigenvalue weighted by atomic mass is 10.2. The predicted molar refractivity (Wildman–Crippen MR) is 159 cm³/mol. The van der Waals surface area contributed by atoms with E-state index in [0.29, 0.717) is 18.1 Å². The number of pyridine rings is 2. The van der Waals surface area contributed by atoms with Crippen molar-refractivity contribution >= 4 is 33.6 Å². The molecule has 2 N–H and O–H groups in total. The fourth-order valence-electron chi connectivity index (χ4n) is 5.27. The Bertz CT molecular complexity index is 1870. The summed E-state index contributed by atoms with van der Waals surface area (Å²) < 4.78 is 9.93. The summed E-state index contributed by atoms with van der Waals surface area (Å²) in [5.41, 5.74) is 11.3. The lowest BCUT2D eigenvalue weighted by molar-refractivity contribution is 0.306. The molecule has 11 heteroatoms. The van der Waals surface area contributed by atoms with Gasteiger partial charge in [0.2, 0.25) is 0 Å². The first-order valence-corrected chi connectivity index (χ1v) is 13.5. The first-order valence-electron chi connectivity index (χ1n) is 13.5. The van der Waals surface area contributed by atoms with Gasteiger partial charge in [0, 0.05) is 74.4 Å². The van der Waals surface area contributed by atoms with Gasteiger partial charge in [0.25, 0.3) is 0 Å². The van der Waals surface area contributed by atoms with Gasteiger partial charge in [0.1, 0.15) is 30.3 Å². The average Bonchev–Trinajstić information content (AvgIpc) is 3.60. The van der Waals surface area contributed by atoms with Crippen LogP contribution >= 0.6 is 0 Å². The van der Waals surface area contributed by atoms with Crippen LogP contribution in [-0.4, -0.2) is 72.4 Å². The van der Waals surface area contributed by atoms with E-state index >= 15 is 0 Å². The van der Waals surface area contributed by atoms with Crippen LogP contribution in [-0.2, 0) is 13.7 Å². The molecule has 6 heterocycles. The van der Waals surface area contributed by atoms with Crippen molar-refractivity contribution in [3.8, 4) is 22.7 Å². The number of fused-ring (bicyclic) bond motifs is 2. The van der Waals surface area contributed by atoms with Gasteiger partial charge in [0.15, 0.2) is 5.65 Å². The number of hydrogen-bond donors (Lipinski definition) is 1. The Balaban J connectivity index is 1.15. The Morgan fingerprint density at radius 3 is 2.63 bits per heavy atom. The lowest BCUT2D eigenvalue weighted by Crippen LogP contribution is -2.44. The average molecular weight is 547 g/mol. The molecule has 41 heavy (non-hydrogen) atoms.